The van der Waals surface area contributed by atoms with Crippen LogP contribution in [0.1, 0.15) is 19.3 Å². The van der Waals surface area contributed by atoms with Gasteiger partial charge in [-0.25, -0.2) is 4.79 Å². The first-order valence-corrected chi connectivity index (χ1v) is 6.87. The van der Waals surface area contributed by atoms with Crippen LogP contribution in [0.4, 0.5) is 16.2 Å². The minimum atomic E-state index is -0.548. The first-order valence-electron chi connectivity index (χ1n) is 6.50. The van der Waals surface area contributed by atoms with E-state index in [1.807, 2.05) is 0 Å². The third-order valence-corrected chi connectivity index (χ3v) is 4.01. The number of non-ortho nitro benzene ring substituents is 1. The smallest absolute Gasteiger partial charge is 0.319 e. The summed E-state index contributed by atoms with van der Waals surface area (Å²) in [5.41, 5.74) is -0.227. The summed E-state index contributed by atoms with van der Waals surface area (Å²) in [5, 5.41) is 16.2. The minimum absolute atomic E-state index is 0.137. The number of ether oxygens (including phenoxy) is 1. The lowest BCUT2D eigenvalue weighted by molar-refractivity contribution is -0.384. The number of nitro groups is 1. The van der Waals surface area contributed by atoms with E-state index in [2.05, 4.69) is 10.6 Å². The number of nitrogens with zero attached hydrogens (tertiary/aromatic N) is 1. The van der Waals surface area contributed by atoms with Crippen LogP contribution in [0.3, 0.4) is 0 Å². The number of hydrogen-bond donors (Lipinski definition) is 2. The van der Waals surface area contributed by atoms with E-state index < -0.39 is 11.0 Å². The zero-order valence-electron chi connectivity index (χ0n) is 11.5. The van der Waals surface area contributed by atoms with E-state index in [-0.39, 0.29) is 22.0 Å². The second kappa shape index (κ2) is 6.28. The molecule has 0 saturated heterocycles. The van der Waals surface area contributed by atoms with Gasteiger partial charge in [-0.1, -0.05) is 11.6 Å². The number of carbonyl (C=O) groups is 1. The van der Waals surface area contributed by atoms with Crippen molar-refractivity contribution in [2.45, 2.75) is 24.9 Å². The van der Waals surface area contributed by atoms with Crippen LogP contribution in [0.5, 0.6) is 0 Å². The molecular weight excluding hydrogens is 298 g/mol. The van der Waals surface area contributed by atoms with E-state index in [0.717, 1.165) is 19.3 Å². The number of halogens is 1. The molecule has 114 valence electrons. The number of amides is 2. The van der Waals surface area contributed by atoms with Gasteiger partial charge in [0.05, 0.1) is 21.2 Å². The molecule has 7 nitrogen and oxygen atoms in total. The van der Waals surface area contributed by atoms with Crippen molar-refractivity contribution in [2.75, 3.05) is 19.0 Å². The van der Waals surface area contributed by atoms with Crippen LogP contribution in [0.2, 0.25) is 5.02 Å². The Labute approximate surface area is 126 Å². The van der Waals surface area contributed by atoms with Crippen LogP contribution >= 0.6 is 11.6 Å². The first-order chi connectivity index (χ1) is 9.96. The van der Waals surface area contributed by atoms with E-state index in [9.17, 15) is 14.9 Å². The third kappa shape index (κ3) is 3.62. The third-order valence-electron chi connectivity index (χ3n) is 3.68. The maximum Gasteiger partial charge on any atom is 0.319 e. The fourth-order valence-electron chi connectivity index (χ4n) is 2.15. The van der Waals surface area contributed by atoms with Gasteiger partial charge in [0.1, 0.15) is 0 Å². The highest BCUT2D eigenvalue weighted by molar-refractivity contribution is 6.33. The lowest BCUT2D eigenvalue weighted by Gasteiger charge is -2.40. The van der Waals surface area contributed by atoms with E-state index in [1.165, 1.54) is 18.2 Å². The average Bonchev–Trinajstić information content (AvgIpc) is 2.40. The summed E-state index contributed by atoms with van der Waals surface area (Å²) in [7, 11) is 1.62. The summed E-state index contributed by atoms with van der Waals surface area (Å²) in [6, 6.07) is 3.40. The molecule has 1 saturated carbocycles. The average molecular weight is 314 g/mol. The Morgan fingerprint density at radius 2 is 2.24 bits per heavy atom. The molecule has 2 N–H and O–H groups in total. The van der Waals surface area contributed by atoms with Gasteiger partial charge >= 0.3 is 6.03 Å². The summed E-state index contributed by atoms with van der Waals surface area (Å²) >= 11 is 5.91. The summed E-state index contributed by atoms with van der Waals surface area (Å²) in [6.45, 7) is 0.391. The molecule has 0 unspecified atom stereocenters. The lowest BCUT2D eigenvalue weighted by Crippen LogP contribution is -2.50. The Morgan fingerprint density at radius 3 is 2.76 bits per heavy atom. The van der Waals surface area contributed by atoms with Crippen molar-refractivity contribution in [3.05, 3.63) is 33.3 Å². The van der Waals surface area contributed by atoms with Gasteiger partial charge in [0.25, 0.3) is 5.69 Å². The van der Waals surface area contributed by atoms with E-state index in [1.54, 1.807) is 7.11 Å². The van der Waals surface area contributed by atoms with Gasteiger partial charge in [0, 0.05) is 25.8 Å². The van der Waals surface area contributed by atoms with Crippen molar-refractivity contribution in [1.29, 1.82) is 0 Å². The lowest BCUT2D eigenvalue weighted by atomic mass is 9.80. The standard InChI is InChI=1S/C13H16ClN3O4/c1-21-13(5-2-6-13)8-15-12(18)16-11-7-9(17(19)20)3-4-10(11)14/h3-4,7H,2,5-6,8H2,1H3,(H2,15,16,18). The molecule has 1 aromatic rings. The molecule has 2 rings (SSSR count). The second-order valence-electron chi connectivity index (χ2n) is 4.97. The number of rotatable bonds is 5. The number of urea groups is 1. The molecule has 1 aliphatic carbocycles. The number of methoxy groups -OCH3 is 1. The molecule has 1 aliphatic rings. The van der Waals surface area contributed by atoms with Gasteiger partial charge in [-0.05, 0) is 25.3 Å². The van der Waals surface area contributed by atoms with Crippen molar-refractivity contribution in [1.82, 2.24) is 5.32 Å². The van der Waals surface area contributed by atoms with Gasteiger partial charge in [-0.15, -0.1) is 0 Å². The van der Waals surface area contributed by atoms with E-state index in [4.69, 9.17) is 16.3 Å². The molecule has 1 aromatic carbocycles. The Balaban J connectivity index is 1.96. The van der Waals surface area contributed by atoms with Crippen molar-refractivity contribution in [2.24, 2.45) is 0 Å². The molecule has 0 bridgehead atoms. The highest BCUT2D eigenvalue weighted by atomic mass is 35.5. The predicted octanol–water partition coefficient (Wildman–Crippen LogP) is 2.94. The maximum atomic E-state index is 11.8. The van der Waals surface area contributed by atoms with Crippen LogP contribution in [0, 0.1) is 10.1 Å². The summed E-state index contributed by atoms with van der Waals surface area (Å²) in [5.74, 6) is 0. The molecular formula is C13H16ClN3O4. The Bertz CT molecular complexity index is 555. The quantitative estimate of drug-likeness (QED) is 0.645. The van der Waals surface area contributed by atoms with Crippen LogP contribution in [0.15, 0.2) is 18.2 Å². The molecule has 21 heavy (non-hydrogen) atoms. The molecule has 0 heterocycles. The zero-order chi connectivity index (χ0) is 15.5. The number of nitrogens with one attached hydrogen (secondary N) is 2. The molecule has 0 radical (unpaired) electrons. The number of carbonyl (C=O) groups excluding carboxylic acids is 1. The monoisotopic (exact) mass is 313 g/mol. The molecule has 0 atom stereocenters. The Kier molecular flexibility index (Phi) is 4.64. The molecule has 0 aliphatic heterocycles. The van der Waals surface area contributed by atoms with E-state index in [0.29, 0.717) is 6.54 Å². The van der Waals surface area contributed by atoms with Crippen LogP contribution in [-0.2, 0) is 4.74 Å². The van der Waals surface area contributed by atoms with Gasteiger partial charge in [0.2, 0.25) is 0 Å². The Hall–Kier alpha value is -1.86. The normalized spacial score (nSPS) is 15.9. The largest absolute Gasteiger partial charge is 0.376 e. The molecule has 2 amide bonds. The van der Waals surface area contributed by atoms with Gasteiger partial charge in [-0.2, -0.15) is 0 Å². The second-order valence-corrected chi connectivity index (χ2v) is 5.38. The SMILES string of the molecule is COC1(CNC(=O)Nc2cc([N+](=O)[O-])ccc2Cl)CCC1. The van der Waals surface area contributed by atoms with Crippen molar-refractivity contribution in [3.63, 3.8) is 0 Å². The molecule has 1 fully saturated rings. The topological polar surface area (TPSA) is 93.5 Å². The predicted molar refractivity (Wildman–Crippen MR) is 78.7 cm³/mol. The van der Waals surface area contributed by atoms with E-state index >= 15 is 0 Å². The fraction of sp³-hybridized carbons (Fsp3) is 0.462. The van der Waals surface area contributed by atoms with Crippen molar-refractivity contribution < 1.29 is 14.5 Å². The number of hydrogen-bond acceptors (Lipinski definition) is 4. The van der Waals surface area contributed by atoms with Gasteiger partial charge in [0.15, 0.2) is 0 Å². The van der Waals surface area contributed by atoms with Gasteiger partial charge < -0.3 is 15.4 Å². The van der Waals surface area contributed by atoms with Crippen molar-refractivity contribution in [3.8, 4) is 0 Å². The fourth-order valence-corrected chi connectivity index (χ4v) is 2.32. The molecule has 0 aromatic heterocycles. The molecule has 0 spiro atoms. The first kappa shape index (κ1) is 15.5. The number of nitro benzene ring substituents is 1. The zero-order valence-corrected chi connectivity index (χ0v) is 12.3. The summed E-state index contributed by atoms with van der Waals surface area (Å²) < 4.78 is 5.39. The highest BCUT2D eigenvalue weighted by Crippen LogP contribution is 2.34. The van der Waals surface area contributed by atoms with Crippen molar-refractivity contribution >= 4 is 29.0 Å². The Morgan fingerprint density at radius 1 is 1.52 bits per heavy atom. The van der Waals surface area contributed by atoms with Crippen LogP contribution < -0.4 is 10.6 Å². The number of benzene rings is 1. The summed E-state index contributed by atoms with van der Waals surface area (Å²) in [6.07, 6.45) is 2.89. The van der Waals surface area contributed by atoms with Gasteiger partial charge in [-0.3, -0.25) is 10.1 Å². The highest BCUT2D eigenvalue weighted by Gasteiger charge is 2.37. The molecule has 8 heteroatoms. The van der Waals surface area contributed by atoms with Crippen LogP contribution in [0.25, 0.3) is 0 Å². The van der Waals surface area contributed by atoms with Crippen LogP contribution in [-0.4, -0.2) is 30.2 Å². The minimum Gasteiger partial charge on any atom is -0.376 e. The maximum absolute atomic E-state index is 11.8. The number of anilines is 1. The summed E-state index contributed by atoms with van der Waals surface area (Å²) in [4.78, 5) is 22.0.